The molecule has 6 heteroatoms. The zero-order valence-electron chi connectivity index (χ0n) is 12.9. The molecular formula is C17H20N4O2. The third-order valence-corrected chi connectivity index (χ3v) is 3.86. The van der Waals surface area contributed by atoms with Gasteiger partial charge in [0.25, 0.3) is 0 Å². The molecule has 3 rings (SSSR count). The van der Waals surface area contributed by atoms with Gasteiger partial charge in [0.15, 0.2) is 0 Å². The van der Waals surface area contributed by atoms with Gasteiger partial charge in [0.05, 0.1) is 0 Å². The van der Waals surface area contributed by atoms with Gasteiger partial charge in [-0.15, -0.1) is 0 Å². The zero-order chi connectivity index (χ0) is 15.9. The molecule has 1 fully saturated rings. The molecule has 1 aromatic carbocycles. The Morgan fingerprint density at radius 1 is 1.22 bits per heavy atom. The Balaban J connectivity index is 1.41. The molecule has 6 nitrogen and oxygen atoms in total. The number of carbonyl (C=O) groups excluding carboxylic acids is 1. The van der Waals surface area contributed by atoms with Crippen LogP contribution in [0, 0.1) is 5.92 Å². The molecular weight excluding hydrogens is 292 g/mol. The Morgan fingerprint density at radius 3 is 2.78 bits per heavy atom. The number of amides is 1. The second kappa shape index (κ2) is 7.58. The minimum atomic E-state index is -0.243. The number of nitrogens with zero attached hydrogens (tertiary/aromatic N) is 3. The van der Waals surface area contributed by atoms with Crippen LogP contribution in [-0.4, -0.2) is 40.6 Å². The number of hydrogen-bond donors (Lipinski definition) is 1. The molecule has 2 aromatic rings. The lowest BCUT2D eigenvalue weighted by Crippen LogP contribution is -2.30. The quantitative estimate of drug-likeness (QED) is 0.919. The molecule has 0 saturated carbocycles. The molecule has 1 unspecified atom stereocenters. The second-order valence-electron chi connectivity index (χ2n) is 5.59. The van der Waals surface area contributed by atoms with Crippen molar-refractivity contribution in [2.24, 2.45) is 5.92 Å². The molecule has 0 spiro atoms. The first-order valence-corrected chi connectivity index (χ1v) is 7.78. The smallest absolute Gasteiger partial charge is 0.410 e. The third-order valence-electron chi connectivity index (χ3n) is 3.86. The first-order valence-electron chi connectivity index (χ1n) is 7.78. The van der Waals surface area contributed by atoms with Crippen LogP contribution in [0.5, 0.6) is 0 Å². The van der Waals surface area contributed by atoms with Crippen molar-refractivity contribution in [1.82, 2.24) is 14.9 Å². The van der Waals surface area contributed by atoms with E-state index in [2.05, 4.69) is 15.3 Å². The van der Waals surface area contributed by atoms with E-state index in [0.29, 0.717) is 25.0 Å². The summed E-state index contributed by atoms with van der Waals surface area (Å²) in [6.07, 6.45) is 4.13. The lowest BCUT2D eigenvalue weighted by atomic mass is 10.1. The summed E-state index contributed by atoms with van der Waals surface area (Å²) >= 11 is 0. The molecule has 23 heavy (non-hydrogen) atoms. The average molecular weight is 312 g/mol. The monoisotopic (exact) mass is 312 g/mol. The molecule has 1 aliphatic heterocycles. The van der Waals surface area contributed by atoms with E-state index in [9.17, 15) is 4.79 Å². The second-order valence-corrected chi connectivity index (χ2v) is 5.59. The van der Waals surface area contributed by atoms with Crippen LogP contribution < -0.4 is 5.32 Å². The molecule has 120 valence electrons. The van der Waals surface area contributed by atoms with Crippen LogP contribution >= 0.6 is 0 Å². The van der Waals surface area contributed by atoms with Crippen molar-refractivity contribution >= 4 is 12.0 Å². The van der Waals surface area contributed by atoms with Crippen LogP contribution in [0.2, 0.25) is 0 Å². The molecule has 1 atom stereocenters. The first kappa shape index (κ1) is 15.3. The van der Waals surface area contributed by atoms with Gasteiger partial charge >= 0.3 is 6.09 Å². The molecule has 0 aliphatic carbocycles. The fourth-order valence-electron chi connectivity index (χ4n) is 2.60. The fraction of sp³-hybridized carbons (Fsp3) is 0.353. The average Bonchev–Trinajstić information content (AvgIpc) is 3.09. The number of carbonyl (C=O) groups is 1. The minimum absolute atomic E-state index is 0.243. The van der Waals surface area contributed by atoms with E-state index in [-0.39, 0.29) is 6.09 Å². The predicted octanol–water partition coefficient (Wildman–Crippen LogP) is 2.55. The summed E-state index contributed by atoms with van der Waals surface area (Å²) in [6, 6.07) is 11.5. The maximum Gasteiger partial charge on any atom is 0.410 e. The van der Waals surface area contributed by atoms with Crippen LogP contribution in [0.4, 0.5) is 10.7 Å². The molecule has 1 N–H and O–H groups in total. The number of aromatic nitrogens is 2. The summed E-state index contributed by atoms with van der Waals surface area (Å²) < 4.78 is 5.37. The van der Waals surface area contributed by atoms with Crippen LogP contribution in [-0.2, 0) is 11.3 Å². The predicted molar refractivity (Wildman–Crippen MR) is 86.8 cm³/mol. The molecule has 2 heterocycles. The van der Waals surface area contributed by atoms with E-state index < -0.39 is 0 Å². The highest BCUT2D eigenvalue weighted by molar-refractivity contribution is 5.68. The van der Waals surface area contributed by atoms with Crippen molar-refractivity contribution in [3.05, 3.63) is 54.4 Å². The van der Waals surface area contributed by atoms with Gasteiger partial charge < -0.3 is 15.0 Å². The molecule has 1 aromatic heterocycles. The number of rotatable bonds is 5. The van der Waals surface area contributed by atoms with E-state index in [1.807, 2.05) is 30.3 Å². The molecule has 1 amide bonds. The van der Waals surface area contributed by atoms with Gasteiger partial charge in [-0.1, -0.05) is 30.3 Å². The van der Waals surface area contributed by atoms with Crippen LogP contribution in [0.3, 0.4) is 0 Å². The lowest BCUT2D eigenvalue weighted by Gasteiger charge is -2.16. The largest absolute Gasteiger partial charge is 0.445 e. The maximum atomic E-state index is 12.1. The number of benzene rings is 1. The number of likely N-dealkylation sites (tertiary alicyclic amines) is 1. The van der Waals surface area contributed by atoms with Gasteiger partial charge in [0.2, 0.25) is 5.95 Å². The summed E-state index contributed by atoms with van der Waals surface area (Å²) in [6.45, 7) is 2.51. The Labute approximate surface area is 135 Å². The van der Waals surface area contributed by atoms with Crippen molar-refractivity contribution in [1.29, 1.82) is 0 Å². The van der Waals surface area contributed by atoms with Gasteiger partial charge in [-0.25, -0.2) is 14.8 Å². The summed E-state index contributed by atoms with van der Waals surface area (Å²) in [5.74, 6) is 1.01. The van der Waals surface area contributed by atoms with Gasteiger partial charge in [-0.3, -0.25) is 0 Å². The number of ether oxygens (including phenoxy) is 1. The van der Waals surface area contributed by atoms with Crippen LogP contribution in [0.1, 0.15) is 12.0 Å². The van der Waals surface area contributed by atoms with Gasteiger partial charge in [0, 0.05) is 32.0 Å². The highest BCUT2D eigenvalue weighted by atomic mass is 16.6. The Morgan fingerprint density at radius 2 is 2.00 bits per heavy atom. The van der Waals surface area contributed by atoms with Gasteiger partial charge in [0.1, 0.15) is 6.61 Å². The van der Waals surface area contributed by atoms with E-state index in [0.717, 1.165) is 25.1 Å². The molecule has 1 saturated heterocycles. The maximum absolute atomic E-state index is 12.1. The fourth-order valence-corrected chi connectivity index (χ4v) is 2.60. The Kier molecular flexibility index (Phi) is 5.03. The molecule has 0 bridgehead atoms. The standard InChI is InChI=1S/C17H20N4O2/c22-17(23-13-14-5-2-1-3-6-14)21-10-7-15(12-21)11-20-16-18-8-4-9-19-16/h1-6,8-9,15H,7,10-13H2,(H,18,19,20). The Bertz CT molecular complexity index is 621. The van der Waals surface area contributed by atoms with Crippen molar-refractivity contribution in [2.75, 3.05) is 25.0 Å². The van der Waals surface area contributed by atoms with Crippen LogP contribution in [0.25, 0.3) is 0 Å². The van der Waals surface area contributed by atoms with E-state index in [1.165, 1.54) is 0 Å². The lowest BCUT2D eigenvalue weighted by molar-refractivity contribution is 0.103. The van der Waals surface area contributed by atoms with Gasteiger partial charge in [-0.05, 0) is 24.0 Å². The zero-order valence-corrected chi connectivity index (χ0v) is 12.9. The minimum Gasteiger partial charge on any atom is -0.445 e. The summed E-state index contributed by atoms with van der Waals surface area (Å²) in [5.41, 5.74) is 1.000. The summed E-state index contributed by atoms with van der Waals surface area (Å²) in [5, 5.41) is 3.20. The third kappa shape index (κ3) is 4.42. The SMILES string of the molecule is O=C(OCc1ccccc1)N1CCC(CNc2ncccn2)C1. The van der Waals surface area contributed by atoms with E-state index in [4.69, 9.17) is 4.74 Å². The molecule has 1 aliphatic rings. The number of anilines is 1. The van der Waals surface area contributed by atoms with Gasteiger partial charge in [-0.2, -0.15) is 0 Å². The van der Waals surface area contributed by atoms with Crippen molar-refractivity contribution in [3.8, 4) is 0 Å². The molecule has 0 radical (unpaired) electrons. The highest BCUT2D eigenvalue weighted by Crippen LogP contribution is 2.17. The normalized spacial score (nSPS) is 17.0. The summed E-state index contributed by atoms with van der Waals surface area (Å²) in [7, 11) is 0. The van der Waals surface area contributed by atoms with E-state index >= 15 is 0 Å². The van der Waals surface area contributed by atoms with Crippen molar-refractivity contribution in [2.45, 2.75) is 13.0 Å². The van der Waals surface area contributed by atoms with Crippen molar-refractivity contribution in [3.63, 3.8) is 0 Å². The first-order chi connectivity index (χ1) is 11.3. The Hall–Kier alpha value is -2.63. The van der Waals surface area contributed by atoms with Crippen LogP contribution in [0.15, 0.2) is 48.8 Å². The summed E-state index contributed by atoms with van der Waals surface area (Å²) in [4.78, 5) is 22.1. The topological polar surface area (TPSA) is 67.3 Å². The number of nitrogens with one attached hydrogen (secondary N) is 1. The highest BCUT2D eigenvalue weighted by Gasteiger charge is 2.27. The number of hydrogen-bond acceptors (Lipinski definition) is 5. The van der Waals surface area contributed by atoms with Crippen molar-refractivity contribution < 1.29 is 9.53 Å². The van der Waals surface area contributed by atoms with E-state index in [1.54, 1.807) is 23.4 Å².